The van der Waals surface area contributed by atoms with Crippen LogP contribution in [0.1, 0.15) is 17.2 Å². The van der Waals surface area contributed by atoms with Gasteiger partial charge in [0.25, 0.3) is 0 Å². The lowest BCUT2D eigenvalue weighted by Crippen LogP contribution is -2.28. The molecule has 0 bridgehead atoms. The smallest absolute Gasteiger partial charge is 0.209 e. The highest BCUT2D eigenvalue weighted by Crippen LogP contribution is 2.22. The Morgan fingerprint density at radius 3 is 2.19 bits per heavy atom. The summed E-state index contributed by atoms with van der Waals surface area (Å²) >= 11 is 1.67. The van der Waals surface area contributed by atoms with Crippen molar-refractivity contribution in [3.8, 4) is 0 Å². The van der Waals surface area contributed by atoms with Crippen LogP contribution in [0.25, 0.3) is 0 Å². The fourth-order valence-corrected chi connectivity index (χ4v) is 3.32. The van der Waals surface area contributed by atoms with E-state index in [0.717, 1.165) is 16.0 Å². The van der Waals surface area contributed by atoms with Crippen molar-refractivity contribution >= 4 is 21.8 Å². The highest BCUT2D eigenvalue weighted by Gasteiger charge is 2.16. The number of sulfonamides is 1. The molecule has 0 aliphatic rings. The molecule has 0 fully saturated rings. The molecular weight excluding hydrogens is 302 g/mol. The number of thioether (sulfide) groups is 1. The normalized spacial score (nSPS) is 13.0. The molecule has 0 heterocycles. The van der Waals surface area contributed by atoms with E-state index in [1.165, 1.54) is 6.26 Å². The summed E-state index contributed by atoms with van der Waals surface area (Å²) in [5, 5.41) is 0. The minimum absolute atomic E-state index is 0.252. The Morgan fingerprint density at radius 1 is 1.05 bits per heavy atom. The second-order valence-corrected chi connectivity index (χ2v) is 7.57. The highest BCUT2D eigenvalue weighted by molar-refractivity contribution is 7.98. The fourth-order valence-electron chi connectivity index (χ4n) is 2.17. The Labute approximate surface area is 130 Å². The summed E-state index contributed by atoms with van der Waals surface area (Å²) in [5.74, 6) is 0. The number of hydrogen-bond acceptors (Lipinski definition) is 3. The molecule has 3 nitrogen and oxygen atoms in total. The summed E-state index contributed by atoms with van der Waals surface area (Å²) in [6.07, 6.45) is 3.85. The molecule has 5 heteroatoms. The minimum Gasteiger partial charge on any atom is -0.213 e. The third kappa shape index (κ3) is 5.19. The van der Waals surface area contributed by atoms with E-state index >= 15 is 0 Å². The van der Waals surface area contributed by atoms with Gasteiger partial charge < -0.3 is 0 Å². The second kappa shape index (κ2) is 7.11. The van der Waals surface area contributed by atoms with Crippen LogP contribution in [0.5, 0.6) is 0 Å². The van der Waals surface area contributed by atoms with Crippen LogP contribution in [0.15, 0.2) is 59.5 Å². The Kier molecular flexibility index (Phi) is 5.45. The van der Waals surface area contributed by atoms with Gasteiger partial charge in [-0.2, -0.15) is 0 Å². The van der Waals surface area contributed by atoms with Gasteiger partial charge in [0.1, 0.15) is 0 Å². The van der Waals surface area contributed by atoms with Gasteiger partial charge in [-0.25, -0.2) is 13.1 Å². The molecule has 2 aromatic rings. The fraction of sp³-hybridized carbons (Fsp3) is 0.250. The molecule has 0 amide bonds. The number of benzene rings is 2. The molecule has 0 saturated heterocycles. The molecule has 0 aromatic heterocycles. The maximum absolute atomic E-state index is 11.6. The Morgan fingerprint density at radius 2 is 1.67 bits per heavy atom. The van der Waals surface area contributed by atoms with Gasteiger partial charge in [-0.1, -0.05) is 42.5 Å². The second-order valence-electron chi connectivity index (χ2n) is 4.91. The van der Waals surface area contributed by atoms with Crippen molar-refractivity contribution in [3.05, 3.63) is 65.7 Å². The van der Waals surface area contributed by atoms with Crippen LogP contribution < -0.4 is 4.72 Å². The van der Waals surface area contributed by atoms with Gasteiger partial charge in [0.2, 0.25) is 10.0 Å². The van der Waals surface area contributed by atoms with Crippen molar-refractivity contribution in [1.29, 1.82) is 0 Å². The number of hydrogen-bond donors (Lipinski definition) is 1. The van der Waals surface area contributed by atoms with Crippen LogP contribution >= 0.6 is 11.8 Å². The van der Waals surface area contributed by atoms with E-state index in [4.69, 9.17) is 0 Å². The van der Waals surface area contributed by atoms with E-state index in [0.29, 0.717) is 6.42 Å². The average molecular weight is 321 g/mol. The van der Waals surface area contributed by atoms with Crippen LogP contribution in [0.2, 0.25) is 0 Å². The first-order chi connectivity index (χ1) is 9.98. The lowest BCUT2D eigenvalue weighted by atomic mass is 10.00. The van der Waals surface area contributed by atoms with Crippen molar-refractivity contribution in [1.82, 2.24) is 4.72 Å². The van der Waals surface area contributed by atoms with Gasteiger partial charge in [0.15, 0.2) is 0 Å². The van der Waals surface area contributed by atoms with E-state index in [2.05, 4.69) is 4.72 Å². The largest absolute Gasteiger partial charge is 0.213 e. The zero-order valence-electron chi connectivity index (χ0n) is 12.1. The van der Waals surface area contributed by atoms with Crippen LogP contribution in [-0.4, -0.2) is 20.9 Å². The monoisotopic (exact) mass is 321 g/mol. The van der Waals surface area contributed by atoms with Gasteiger partial charge >= 0.3 is 0 Å². The molecule has 2 aromatic carbocycles. The first-order valence-electron chi connectivity index (χ1n) is 6.63. The Hall–Kier alpha value is -1.30. The van der Waals surface area contributed by atoms with Gasteiger partial charge in [0, 0.05) is 4.90 Å². The summed E-state index contributed by atoms with van der Waals surface area (Å²) in [7, 11) is -3.26. The van der Waals surface area contributed by atoms with E-state index in [-0.39, 0.29) is 6.04 Å². The molecule has 0 radical (unpaired) electrons. The van der Waals surface area contributed by atoms with Crippen LogP contribution in [0, 0.1) is 0 Å². The van der Waals surface area contributed by atoms with Crippen molar-refractivity contribution in [2.24, 2.45) is 0 Å². The van der Waals surface area contributed by atoms with Crippen molar-refractivity contribution in [3.63, 3.8) is 0 Å². The van der Waals surface area contributed by atoms with Crippen LogP contribution in [0.3, 0.4) is 0 Å². The highest BCUT2D eigenvalue weighted by atomic mass is 32.2. The van der Waals surface area contributed by atoms with Crippen molar-refractivity contribution in [2.75, 3.05) is 12.5 Å². The SMILES string of the molecule is CSc1ccc(C(Cc2ccccc2)NS(C)(=O)=O)cc1. The molecule has 1 N–H and O–H groups in total. The molecule has 0 saturated carbocycles. The lowest BCUT2D eigenvalue weighted by Gasteiger charge is -2.18. The number of rotatable bonds is 6. The van der Waals surface area contributed by atoms with Crippen LogP contribution in [0.4, 0.5) is 0 Å². The predicted molar refractivity (Wildman–Crippen MR) is 89.1 cm³/mol. The predicted octanol–water partition coefficient (Wildman–Crippen LogP) is 3.24. The third-order valence-electron chi connectivity index (χ3n) is 3.16. The third-order valence-corrected chi connectivity index (χ3v) is 4.61. The summed E-state index contributed by atoms with van der Waals surface area (Å²) in [6.45, 7) is 0. The molecule has 0 aliphatic heterocycles. The minimum atomic E-state index is -3.26. The van der Waals surface area contributed by atoms with Crippen molar-refractivity contribution < 1.29 is 8.42 Å². The van der Waals surface area contributed by atoms with E-state index < -0.39 is 10.0 Å². The molecule has 21 heavy (non-hydrogen) atoms. The Bertz CT molecular complexity index is 667. The zero-order chi connectivity index (χ0) is 15.3. The van der Waals surface area contributed by atoms with E-state index in [9.17, 15) is 8.42 Å². The Balaban J connectivity index is 2.26. The maximum Gasteiger partial charge on any atom is 0.209 e. The van der Waals surface area contributed by atoms with Gasteiger partial charge in [-0.05, 0) is 35.9 Å². The molecular formula is C16H19NO2S2. The maximum atomic E-state index is 11.6. The molecule has 112 valence electrons. The standard InChI is InChI=1S/C16H19NO2S2/c1-20-15-10-8-14(9-11-15)16(17-21(2,18)19)12-13-6-4-3-5-7-13/h3-11,16-17H,12H2,1-2H3. The molecule has 1 atom stereocenters. The van der Waals surface area contributed by atoms with Crippen LogP contribution in [-0.2, 0) is 16.4 Å². The summed E-state index contributed by atoms with van der Waals surface area (Å²) < 4.78 is 26.0. The zero-order valence-corrected chi connectivity index (χ0v) is 13.7. The van der Waals surface area contributed by atoms with Gasteiger partial charge in [0.05, 0.1) is 12.3 Å². The van der Waals surface area contributed by atoms with E-state index in [1.807, 2.05) is 60.9 Å². The molecule has 2 rings (SSSR count). The molecule has 1 unspecified atom stereocenters. The van der Waals surface area contributed by atoms with Crippen molar-refractivity contribution in [2.45, 2.75) is 17.4 Å². The molecule has 0 spiro atoms. The lowest BCUT2D eigenvalue weighted by molar-refractivity contribution is 0.560. The number of nitrogens with one attached hydrogen (secondary N) is 1. The van der Waals surface area contributed by atoms with E-state index in [1.54, 1.807) is 11.8 Å². The summed E-state index contributed by atoms with van der Waals surface area (Å²) in [5.41, 5.74) is 2.08. The molecule has 0 aliphatic carbocycles. The summed E-state index contributed by atoms with van der Waals surface area (Å²) in [4.78, 5) is 1.16. The average Bonchev–Trinajstić information content (AvgIpc) is 2.46. The first kappa shape index (κ1) is 16.1. The quantitative estimate of drug-likeness (QED) is 0.831. The first-order valence-corrected chi connectivity index (χ1v) is 9.75. The van der Waals surface area contributed by atoms with Gasteiger partial charge in [-0.3, -0.25) is 0 Å². The topological polar surface area (TPSA) is 46.2 Å². The summed E-state index contributed by atoms with van der Waals surface area (Å²) in [6, 6.07) is 17.6. The van der Waals surface area contributed by atoms with Gasteiger partial charge in [-0.15, -0.1) is 11.8 Å².